The van der Waals surface area contributed by atoms with Gasteiger partial charge in [-0.25, -0.2) is 4.98 Å². The smallest absolute Gasteiger partial charge is 0.431 e. The third-order valence-corrected chi connectivity index (χ3v) is 4.59. The lowest BCUT2D eigenvalue weighted by molar-refractivity contribution is -0.153. The fraction of sp³-hybridized carbons (Fsp3) is 0.190. The molecule has 31 heavy (non-hydrogen) atoms. The van der Waals surface area contributed by atoms with Crippen LogP contribution in [0.5, 0.6) is 0 Å². The molecule has 0 fully saturated rings. The number of fused-ring (bicyclic) bond motifs is 1. The number of aromatic nitrogens is 3. The first-order valence-electron chi connectivity index (χ1n) is 9.48. The first kappa shape index (κ1) is 20.5. The molecule has 0 aliphatic rings. The van der Waals surface area contributed by atoms with E-state index in [2.05, 4.69) is 15.4 Å². The number of amides is 1. The largest absolute Gasteiger partial charge is 0.452 e. The molecule has 4 aromatic rings. The molecule has 0 radical (unpaired) electrons. The molecule has 10 heteroatoms. The topological polar surface area (TPSA) is 99.0 Å². The molecule has 7 nitrogen and oxygen atoms in total. The number of carbonyl (C=O) groups is 1. The average Bonchev–Trinajstić information content (AvgIpc) is 3.32. The van der Waals surface area contributed by atoms with Crippen LogP contribution in [0.4, 0.5) is 24.7 Å². The molecule has 0 saturated heterocycles. The Hall–Kier alpha value is -3.82. The summed E-state index contributed by atoms with van der Waals surface area (Å²) >= 11 is 0. The summed E-state index contributed by atoms with van der Waals surface area (Å²) in [6.45, 7) is 2.66. The minimum absolute atomic E-state index is 0.262. The summed E-state index contributed by atoms with van der Waals surface area (Å²) in [5, 5.41) is 7.28. The van der Waals surface area contributed by atoms with Crippen LogP contribution in [0.3, 0.4) is 0 Å². The summed E-state index contributed by atoms with van der Waals surface area (Å²) in [7, 11) is 0. The van der Waals surface area contributed by atoms with E-state index in [0.717, 1.165) is 11.9 Å². The normalized spacial score (nSPS) is 11.7. The molecule has 0 bridgehead atoms. The highest BCUT2D eigenvalue weighted by Crippen LogP contribution is 2.35. The number of benzene rings is 2. The van der Waals surface area contributed by atoms with Gasteiger partial charge in [0, 0.05) is 23.2 Å². The van der Waals surface area contributed by atoms with Crippen LogP contribution >= 0.6 is 0 Å². The van der Waals surface area contributed by atoms with E-state index in [-0.39, 0.29) is 17.4 Å². The highest BCUT2D eigenvalue weighted by Gasteiger charge is 2.42. The first-order valence-corrected chi connectivity index (χ1v) is 9.48. The second-order valence-electron chi connectivity index (χ2n) is 6.85. The van der Waals surface area contributed by atoms with Gasteiger partial charge in [0.05, 0.1) is 5.52 Å². The number of nitrogens with zero attached hydrogens (tertiary/aromatic N) is 3. The van der Waals surface area contributed by atoms with Crippen LogP contribution < -0.4 is 11.1 Å². The number of nitrogens with two attached hydrogens (primary N) is 1. The molecule has 0 unspecified atom stereocenters. The lowest BCUT2D eigenvalue weighted by Crippen LogP contribution is -2.18. The fourth-order valence-corrected chi connectivity index (χ4v) is 3.22. The van der Waals surface area contributed by atoms with Gasteiger partial charge in [-0.1, -0.05) is 25.1 Å². The summed E-state index contributed by atoms with van der Waals surface area (Å²) in [4.78, 5) is 16.5. The van der Waals surface area contributed by atoms with Crippen LogP contribution in [0.25, 0.3) is 22.4 Å². The number of hydrogen-bond acceptors (Lipinski definition) is 5. The molecular weight excluding hydrogens is 411 g/mol. The number of anilines is 2. The molecule has 1 amide bonds. The third kappa shape index (κ3) is 3.96. The zero-order valence-corrected chi connectivity index (χ0v) is 16.4. The van der Waals surface area contributed by atoms with E-state index in [4.69, 9.17) is 10.2 Å². The van der Waals surface area contributed by atoms with E-state index in [1.165, 1.54) is 0 Å². The number of rotatable bonds is 5. The molecule has 0 aliphatic carbocycles. The van der Waals surface area contributed by atoms with E-state index < -0.39 is 23.5 Å². The number of oxazole rings is 1. The number of hydrogen-bond donors (Lipinski definition) is 2. The minimum Gasteiger partial charge on any atom is -0.431 e. The number of alkyl halides is 3. The maximum absolute atomic E-state index is 13.5. The summed E-state index contributed by atoms with van der Waals surface area (Å²) < 4.78 is 47.1. The van der Waals surface area contributed by atoms with Crippen molar-refractivity contribution >= 4 is 28.3 Å². The minimum atomic E-state index is -4.89. The zero-order valence-electron chi connectivity index (χ0n) is 16.4. The zero-order chi connectivity index (χ0) is 22.2. The Morgan fingerprint density at radius 3 is 2.61 bits per heavy atom. The summed E-state index contributed by atoms with van der Waals surface area (Å²) in [5.41, 5.74) is 6.45. The molecular formula is C21H18F3N5O2. The van der Waals surface area contributed by atoms with Gasteiger partial charge < -0.3 is 15.5 Å². The number of nitrogens with one attached hydrogen (secondary N) is 1. The van der Waals surface area contributed by atoms with Crippen LogP contribution in [0.1, 0.15) is 29.6 Å². The molecule has 2 aromatic carbocycles. The van der Waals surface area contributed by atoms with Crippen molar-refractivity contribution in [2.45, 2.75) is 26.1 Å². The lowest BCUT2D eigenvalue weighted by Gasteiger charge is -2.07. The Bertz CT molecular complexity index is 1250. The maximum atomic E-state index is 13.5. The number of aryl methyl sites for hydroxylation is 1. The molecule has 0 saturated carbocycles. The molecule has 0 atom stereocenters. The molecule has 0 aliphatic heterocycles. The Balaban J connectivity index is 1.68. The standard InChI is InChI=1S/C21H18F3N5O2/c1-2-10-29-15-9-8-13(11-14(15)18(25)28-29)26-19(30)16-17(21(22,23)24)31-20(27-16)12-6-4-3-5-7-12/h3-9,11H,2,10H2,1H3,(H2,25,28)(H,26,30). The van der Waals surface area contributed by atoms with Gasteiger partial charge in [-0.15, -0.1) is 0 Å². The van der Waals surface area contributed by atoms with Crippen molar-refractivity contribution in [2.24, 2.45) is 0 Å². The monoisotopic (exact) mass is 429 g/mol. The van der Waals surface area contributed by atoms with Crippen molar-refractivity contribution in [1.82, 2.24) is 14.8 Å². The second-order valence-corrected chi connectivity index (χ2v) is 6.85. The molecule has 4 rings (SSSR count). The number of nitrogen functional groups attached to an aromatic ring is 1. The van der Waals surface area contributed by atoms with Crippen LogP contribution in [-0.4, -0.2) is 20.7 Å². The first-order chi connectivity index (χ1) is 14.8. The Kier molecular flexibility index (Phi) is 5.14. The summed E-state index contributed by atoms with van der Waals surface area (Å²) in [5.74, 6) is -2.53. The number of halogens is 3. The predicted molar refractivity (Wildman–Crippen MR) is 109 cm³/mol. The predicted octanol–water partition coefficient (Wildman–Crippen LogP) is 4.95. The van der Waals surface area contributed by atoms with Crippen molar-refractivity contribution in [3.63, 3.8) is 0 Å². The Morgan fingerprint density at radius 2 is 1.94 bits per heavy atom. The Labute approximate surface area is 174 Å². The van der Waals surface area contributed by atoms with Crippen LogP contribution in [0.15, 0.2) is 52.9 Å². The highest BCUT2D eigenvalue weighted by atomic mass is 19.4. The van der Waals surface area contributed by atoms with Crippen molar-refractivity contribution in [3.05, 3.63) is 60.0 Å². The van der Waals surface area contributed by atoms with Crippen LogP contribution in [0, 0.1) is 0 Å². The van der Waals surface area contributed by atoms with Crippen molar-refractivity contribution in [2.75, 3.05) is 11.1 Å². The quantitative estimate of drug-likeness (QED) is 0.467. The fourth-order valence-electron chi connectivity index (χ4n) is 3.22. The molecule has 160 valence electrons. The molecule has 0 spiro atoms. The average molecular weight is 429 g/mol. The van der Waals surface area contributed by atoms with E-state index >= 15 is 0 Å². The van der Waals surface area contributed by atoms with Gasteiger partial charge in [0.2, 0.25) is 11.7 Å². The van der Waals surface area contributed by atoms with Gasteiger partial charge in [0.25, 0.3) is 5.91 Å². The van der Waals surface area contributed by atoms with Gasteiger partial charge in [0.15, 0.2) is 11.5 Å². The van der Waals surface area contributed by atoms with Crippen molar-refractivity contribution < 1.29 is 22.4 Å². The lowest BCUT2D eigenvalue weighted by atomic mass is 10.2. The summed E-state index contributed by atoms with van der Waals surface area (Å²) in [6.07, 6.45) is -4.03. The van der Waals surface area contributed by atoms with Gasteiger partial charge >= 0.3 is 6.18 Å². The second kappa shape index (κ2) is 7.78. The van der Waals surface area contributed by atoms with E-state index in [0.29, 0.717) is 17.5 Å². The maximum Gasteiger partial charge on any atom is 0.452 e. The summed E-state index contributed by atoms with van der Waals surface area (Å²) in [6, 6.07) is 12.9. The van der Waals surface area contributed by atoms with Gasteiger partial charge in [0.1, 0.15) is 0 Å². The molecule has 2 heterocycles. The van der Waals surface area contributed by atoms with E-state index in [1.54, 1.807) is 53.2 Å². The van der Waals surface area contributed by atoms with E-state index in [1.807, 2.05) is 6.92 Å². The van der Waals surface area contributed by atoms with Crippen LogP contribution in [-0.2, 0) is 12.7 Å². The van der Waals surface area contributed by atoms with Crippen molar-refractivity contribution in [1.29, 1.82) is 0 Å². The molecule has 3 N–H and O–H groups in total. The van der Waals surface area contributed by atoms with Gasteiger partial charge in [-0.3, -0.25) is 9.48 Å². The highest BCUT2D eigenvalue weighted by molar-refractivity contribution is 6.05. The van der Waals surface area contributed by atoms with Gasteiger partial charge in [-0.05, 0) is 36.8 Å². The number of carbonyl (C=O) groups excluding carboxylic acids is 1. The SMILES string of the molecule is CCCn1nc(N)c2cc(NC(=O)c3nc(-c4ccccc4)oc3C(F)(F)F)ccc21. The van der Waals surface area contributed by atoms with E-state index in [9.17, 15) is 18.0 Å². The van der Waals surface area contributed by atoms with Gasteiger partial charge in [-0.2, -0.15) is 18.3 Å². The van der Waals surface area contributed by atoms with Crippen LogP contribution in [0.2, 0.25) is 0 Å². The Morgan fingerprint density at radius 1 is 1.19 bits per heavy atom. The molecule has 2 aromatic heterocycles. The third-order valence-electron chi connectivity index (χ3n) is 4.59. The van der Waals surface area contributed by atoms with Crippen molar-refractivity contribution in [3.8, 4) is 11.5 Å².